The fourth-order valence-corrected chi connectivity index (χ4v) is 3.44. The van der Waals surface area contributed by atoms with E-state index in [0.29, 0.717) is 5.13 Å². The molecule has 0 atom stereocenters. The summed E-state index contributed by atoms with van der Waals surface area (Å²) >= 11 is 4.72. The molecule has 0 unspecified atom stereocenters. The van der Waals surface area contributed by atoms with E-state index in [4.69, 9.17) is 0 Å². The second kappa shape index (κ2) is 7.11. The molecule has 7 heteroatoms. The van der Waals surface area contributed by atoms with Crippen molar-refractivity contribution in [1.29, 1.82) is 0 Å². The highest BCUT2D eigenvalue weighted by molar-refractivity contribution is 9.10. The van der Waals surface area contributed by atoms with Gasteiger partial charge < -0.3 is 4.57 Å². The number of hydrogen-bond acceptors (Lipinski definition) is 4. The van der Waals surface area contributed by atoms with E-state index in [1.165, 1.54) is 22.0 Å². The van der Waals surface area contributed by atoms with Crippen LogP contribution in [0.5, 0.6) is 0 Å². The lowest BCUT2D eigenvalue weighted by Crippen LogP contribution is -2.33. The van der Waals surface area contributed by atoms with E-state index in [9.17, 15) is 9.59 Å². The third-order valence-corrected chi connectivity index (χ3v) is 4.73. The Balaban J connectivity index is 1.98. The number of thiazole rings is 1. The number of carbonyl (C=O) groups excluding carboxylic acids is 1. The van der Waals surface area contributed by atoms with Crippen LogP contribution in [0.25, 0.3) is 0 Å². The van der Waals surface area contributed by atoms with Crippen molar-refractivity contribution in [3.63, 3.8) is 0 Å². The maximum Gasteiger partial charge on any atom is 0.253 e. The number of halogens is 1. The number of para-hydroxylation sites is 1. The fourth-order valence-electron chi connectivity index (χ4n) is 2.22. The molecule has 0 saturated carbocycles. The minimum absolute atomic E-state index is 0.0637. The lowest BCUT2D eigenvalue weighted by atomic mass is 10.3. The van der Waals surface area contributed by atoms with E-state index in [0.717, 1.165) is 15.9 Å². The summed E-state index contributed by atoms with van der Waals surface area (Å²) in [5.41, 5.74) is 1.35. The van der Waals surface area contributed by atoms with E-state index in [1.807, 2.05) is 42.6 Å². The lowest BCUT2D eigenvalue weighted by molar-refractivity contribution is -0.118. The van der Waals surface area contributed by atoms with Crippen molar-refractivity contribution in [2.75, 3.05) is 4.90 Å². The van der Waals surface area contributed by atoms with Crippen molar-refractivity contribution < 1.29 is 4.79 Å². The highest BCUT2D eigenvalue weighted by Gasteiger charge is 2.21. The average Bonchev–Trinajstić information content (AvgIpc) is 2.98. The van der Waals surface area contributed by atoms with Gasteiger partial charge in [0.2, 0.25) is 0 Å². The quantitative estimate of drug-likeness (QED) is 0.666. The Morgan fingerprint density at radius 2 is 2.00 bits per heavy atom. The van der Waals surface area contributed by atoms with E-state index in [-0.39, 0.29) is 18.0 Å². The van der Waals surface area contributed by atoms with Crippen LogP contribution in [0.15, 0.2) is 63.3 Å². The molecule has 0 spiro atoms. The number of aryl methyl sites for hydroxylation is 1. The largest absolute Gasteiger partial charge is 0.305 e. The molecule has 2 aromatic heterocycles. The average molecular weight is 404 g/mol. The van der Waals surface area contributed by atoms with Gasteiger partial charge in [0, 0.05) is 22.1 Å². The van der Waals surface area contributed by atoms with Crippen LogP contribution in [0.1, 0.15) is 5.69 Å². The highest BCUT2D eigenvalue weighted by atomic mass is 79.9. The first-order valence-corrected chi connectivity index (χ1v) is 8.88. The Kier molecular flexibility index (Phi) is 4.92. The molecule has 1 aromatic carbocycles. The van der Waals surface area contributed by atoms with Crippen molar-refractivity contribution >= 4 is 44.0 Å². The van der Waals surface area contributed by atoms with Gasteiger partial charge in [-0.25, -0.2) is 4.98 Å². The Morgan fingerprint density at radius 1 is 1.25 bits per heavy atom. The van der Waals surface area contributed by atoms with Gasteiger partial charge in [-0.1, -0.05) is 18.2 Å². The molecule has 0 bridgehead atoms. The van der Waals surface area contributed by atoms with Crippen LogP contribution < -0.4 is 10.5 Å². The number of pyridine rings is 1. The zero-order chi connectivity index (χ0) is 17.1. The maximum absolute atomic E-state index is 12.9. The third kappa shape index (κ3) is 3.63. The fraction of sp³-hybridized carbons (Fsp3) is 0.118. The standard InChI is InChI=1S/C17H14BrN3O2S/c1-12-11-24-17(19-12)21(14-5-3-2-4-6-14)16(23)10-20-9-13(18)7-8-15(20)22/h2-9,11H,10H2,1H3. The molecule has 0 aliphatic heterocycles. The van der Waals surface area contributed by atoms with Gasteiger partial charge in [0.15, 0.2) is 5.13 Å². The van der Waals surface area contributed by atoms with Gasteiger partial charge in [0.1, 0.15) is 6.54 Å². The molecule has 0 fully saturated rings. The van der Waals surface area contributed by atoms with E-state index in [1.54, 1.807) is 17.2 Å². The Labute approximate surface area is 151 Å². The Bertz CT molecular complexity index is 921. The van der Waals surface area contributed by atoms with Crippen molar-refractivity contribution in [2.45, 2.75) is 13.5 Å². The van der Waals surface area contributed by atoms with Gasteiger partial charge in [-0.05, 0) is 41.1 Å². The molecule has 0 saturated heterocycles. The zero-order valence-corrected chi connectivity index (χ0v) is 15.3. The molecule has 24 heavy (non-hydrogen) atoms. The minimum atomic E-state index is -0.227. The van der Waals surface area contributed by atoms with Crippen molar-refractivity contribution in [3.8, 4) is 0 Å². The summed E-state index contributed by atoms with van der Waals surface area (Å²) in [6.07, 6.45) is 1.61. The molecule has 0 aliphatic carbocycles. The first-order chi connectivity index (χ1) is 11.5. The predicted molar refractivity (Wildman–Crippen MR) is 98.8 cm³/mol. The molecule has 0 radical (unpaired) electrons. The van der Waals surface area contributed by atoms with Crippen LogP contribution >= 0.6 is 27.3 Å². The zero-order valence-electron chi connectivity index (χ0n) is 12.8. The number of aromatic nitrogens is 2. The highest BCUT2D eigenvalue weighted by Crippen LogP contribution is 2.28. The van der Waals surface area contributed by atoms with Gasteiger partial charge in [0.05, 0.1) is 11.4 Å². The summed E-state index contributed by atoms with van der Waals surface area (Å²) in [6.45, 7) is 1.82. The van der Waals surface area contributed by atoms with Crippen LogP contribution in [0.3, 0.4) is 0 Å². The molecule has 3 aromatic rings. The number of anilines is 2. The Morgan fingerprint density at radius 3 is 2.67 bits per heavy atom. The van der Waals surface area contributed by atoms with Gasteiger partial charge >= 0.3 is 0 Å². The van der Waals surface area contributed by atoms with Crippen molar-refractivity contribution in [1.82, 2.24) is 9.55 Å². The molecule has 0 aliphatic rings. The molecule has 1 amide bonds. The normalized spacial score (nSPS) is 10.6. The van der Waals surface area contributed by atoms with Crippen LogP contribution in [-0.2, 0) is 11.3 Å². The molecular formula is C17H14BrN3O2S. The summed E-state index contributed by atoms with van der Waals surface area (Å²) in [5.74, 6) is -0.226. The third-order valence-electron chi connectivity index (χ3n) is 3.31. The molecule has 122 valence electrons. The molecular weight excluding hydrogens is 390 g/mol. The number of rotatable bonds is 4. The molecule has 0 N–H and O–H groups in total. The van der Waals surface area contributed by atoms with Gasteiger partial charge in [-0.15, -0.1) is 11.3 Å². The molecule has 5 nitrogen and oxygen atoms in total. The van der Waals surface area contributed by atoms with E-state index in [2.05, 4.69) is 20.9 Å². The monoisotopic (exact) mass is 403 g/mol. The van der Waals surface area contributed by atoms with E-state index >= 15 is 0 Å². The summed E-state index contributed by atoms with van der Waals surface area (Å²) in [6, 6.07) is 12.4. The van der Waals surface area contributed by atoms with Crippen molar-refractivity contribution in [3.05, 3.63) is 74.6 Å². The van der Waals surface area contributed by atoms with Crippen LogP contribution in [0.2, 0.25) is 0 Å². The minimum Gasteiger partial charge on any atom is -0.305 e. The van der Waals surface area contributed by atoms with E-state index < -0.39 is 0 Å². The topological polar surface area (TPSA) is 55.2 Å². The molecule has 2 heterocycles. The summed E-state index contributed by atoms with van der Waals surface area (Å²) in [7, 11) is 0. The van der Waals surface area contributed by atoms with Crippen LogP contribution in [0, 0.1) is 6.92 Å². The molecule has 3 rings (SSSR count). The first-order valence-electron chi connectivity index (χ1n) is 7.21. The van der Waals surface area contributed by atoms with Crippen LogP contribution in [0.4, 0.5) is 10.8 Å². The summed E-state index contributed by atoms with van der Waals surface area (Å²) in [4.78, 5) is 30.8. The van der Waals surface area contributed by atoms with Gasteiger partial charge in [0.25, 0.3) is 11.5 Å². The maximum atomic E-state index is 12.9. The predicted octanol–water partition coefficient (Wildman–Crippen LogP) is 3.74. The lowest BCUT2D eigenvalue weighted by Gasteiger charge is -2.20. The second-order valence-electron chi connectivity index (χ2n) is 5.15. The number of nitrogens with zero attached hydrogens (tertiary/aromatic N) is 3. The summed E-state index contributed by atoms with van der Waals surface area (Å²) in [5, 5.41) is 2.48. The first kappa shape index (κ1) is 16.6. The van der Waals surface area contributed by atoms with Gasteiger partial charge in [-0.2, -0.15) is 0 Å². The number of amides is 1. The SMILES string of the molecule is Cc1csc(N(C(=O)Cn2cc(Br)ccc2=O)c2ccccc2)n1. The number of benzene rings is 1. The number of carbonyl (C=O) groups is 1. The van der Waals surface area contributed by atoms with Crippen LogP contribution in [-0.4, -0.2) is 15.5 Å². The smallest absolute Gasteiger partial charge is 0.253 e. The summed E-state index contributed by atoms with van der Waals surface area (Å²) < 4.78 is 2.12. The van der Waals surface area contributed by atoms with Crippen molar-refractivity contribution in [2.24, 2.45) is 0 Å². The van der Waals surface area contributed by atoms with Gasteiger partial charge in [-0.3, -0.25) is 14.5 Å². The second-order valence-corrected chi connectivity index (χ2v) is 6.90. The number of hydrogen-bond donors (Lipinski definition) is 0. The Hall–Kier alpha value is -2.25.